The molecule has 1 aromatic heterocycles. The number of carbonyl (C=O) groups excluding carboxylic acids is 2. The Morgan fingerprint density at radius 3 is 2.44 bits per heavy atom. The Kier molecular flexibility index (Phi) is 8.36. The molecule has 36 heavy (non-hydrogen) atoms. The van der Waals surface area contributed by atoms with E-state index in [0.29, 0.717) is 15.7 Å². The van der Waals surface area contributed by atoms with Gasteiger partial charge in [-0.15, -0.1) is 0 Å². The van der Waals surface area contributed by atoms with Crippen molar-refractivity contribution in [2.75, 3.05) is 0 Å². The molecule has 0 saturated carbocycles. The highest BCUT2D eigenvalue weighted by molar-refractivity contribution is 6.30. The number of aliphatic carboxylic acids is 1. The molecule has 4 atom stereocenters. The summed E-state index contributed by atoms with van der Waals surface area (Å²) in [4.78, 5) is 45.4. The van der Waals surface area contributed by atoms with Crippen LogP contribution >= 0.6 is 23.2 Å². The Bertz CT molecular complexity index is 1130. The summed E-state index contributed by atoms with van der Waals surface area (Å²) in [6.07, 6.45) is 1.61. The van der Waals surface area contributed by atoms with E-state index in [-0.39, 0.29) is 19.3 Å². The predicted molar refractivity (Wildman–Crippen MR) is 138 cm³/mol. The third-order valence-corrected chi connectivity index (χ3v) is 6.83. The summed E-state index contributed by atoms with van der Waals surface area (Å²) < 4.78 is 5.69. The fraction of sp³-hybridized carbons (Fsp3) is 0.481. The number of nitrogens with zero attached hydrogens (tertiary/aromatic N) is 2. The van der Waals surface area contributed by atoms with Gasteiger partial charge in [-0.25, -0.2) is 4.79 Å². The first-order chi connectivity index (χ1) is 16.8. The van der Waals surface area contributed by atoms with Gasteiger partial charge in [0.15, 0.2) is 0 Å². The number of piperidine rings is 1. The normalized spacial score (nSPS) is 23.3. The number of likely N-dealkylation sites (tertiary alicyclic amines) is 1. The quantitative estimate of drug-likeness (QED) is 0.434. The van der Waals surface area contributed by atoms with Gasteiger partial charge in [0, 0.05) is 17.1 Å². The van der Waals surface area contributed by atoms with Crippen LogP contribution in [0.25, 0.3) is 0 Å². The lowest BCUT2D eigenvalue weighted by Crippen LogP contribution is -2.58. The monoisotopic (exact) mass is 534 g/mol. The summed E-state index contributed by atoms with van der Waals surface area (Å²) in [6, 6.07) is 9.04. The molecule has 9 heteroatoms. The molecule has 1 aromatic carbocycles. The van der Waals surface area contributed by atoms with Crippen LogP contribution in [0.4, 0.5) is 0 Å². The van der Waals surface area contributed by atoms with E-state index in [1.165, 1.54) is 11.1 Å². The van der Waals surface area contributed by atoms with E-state index in [1.54, 1.807) is 58.9 Å². The van der Waals surface area contributed by atoms with Gasteiger partial charge in [0.25, 0.3) is 0 Å². The molecule has 1 aliphatic rings. The molecule has 2 heterocycles. The van der Waals surface area contributed by atoms with Crippen molar-refractivity contribution in [3.63, 3.8) is 0 Å². The maximum Gasteiger partial charge on any atom is 0.329 e. The zero-order chi connectivity index (χ0) is 26.8. The Morgan fingerprint density at radius 2 is 1.92 bits per heavy atom. The smallest absolute Gasteiger partial charge is 0.329 e. The second-order valence-corrected chi connectivity index (χ2v) is 11.4. The topological polar surface area (TPSA) is 96.8 Å². The minimum absolute atomic E-state index is 0.231. The van der Waals surface area contributed by atoms with Crippen molar-refractivity contribution in [3.05, 3.63) is 63.9 Å². The van der Waals surface area contributed by atoms with E-state index < -0.39 is 46.9 Å². The third-order valence-electron chi connectivity index (χ3n) is 6.37. The zero-order valence-corrected chi connectivity index (χ0v) is 22.6. The number of hydrogen-bond donors (Lipinski definition) is 1. The molecule has 1 N–H and O–H groups in total. The first kappa shape index (κ1) is 27.9. The Hall–Kier alpha value is -2.64. The molecule has 1 amide bonds. The highest BCUT2D eigenvalue weighted by atomic mass is 35.5. The van der Waals surface area contributed by atoms with Crippen LogP contribution in [0.1, 0.15) is 77.1 Å². The average Bonchev–Trinajstić information content (AvgIpc) is 2.76. The van der Waals surface area contributed by atoms with Crippen molar-refractivity contribution >= 4 is 41.0 Å². The van der Waals surface area contributed by atoms with Crippen LogP contribution in [0.5, 0.6) is 0 Å². The van der Waals surface area contributed by atoms with Crippen LogP contribution < -0.4 is 0 Å². The number of rotatable bonds is 7. The molecule has 0 bridgehead atoms. The van der Waals surface area contributed by atoms with Crippen LogP contribution in [0, 0.1) is 5.41 Å². The molecule has 3 rings (SSSR count). The van der Waals surface area contributed by atoms with Gasteiger partial charge in [0.1, 0.15) is 11.6 Å². The average molecular weight is 535 g/mol. The third kappa shape index (κ3) is 6.19. The van der Waals surface area contributed by atoms with Crippen molar-refractivity contribution in [2.45, 2.75) is 77.5 Å². The number of ether oxygens (including phenoxy) is 1. The Morgan fingerprint density at radius 1 is 1.22 bits per heavy atom. The minimum Gasteiger partial charge on any atom is -0.481 e. The SMILES string of the molecule is CC[C@@H](C(=O)OC(C)(C)C)N1C(=O)[C@](C)(CC(=O)O)C[C@H](c2cccc(Cl)c2)[C@H]1c1ccc(Cl)cn1. The van der Waals surface area contributed by atoms with E-state index in [1.807, 2.05) is 12.1 Å². The number of carbonyl (C=O) groups is 3. The Labute approximate surface area is 221 Å². The van der Waals surface area contributed by atoms with Gasteiger partial charge < -0.3 is 14.7 Å². The minimum atomic E-state index is -1.27. The molecule has 194 valence electrons. The molecule has 1 fully saturated rings. The Balaban J connectivity index is 2.25. The summed E-state index contributed by atoms with van der Waals surface area (Å²) in [5.74, 6) is -2.47. The number of esters is 1. The fourth-order valence-corrected chi connectivity index (χ4v) is 5.24. The van der Waals surface area contributed by atoms with Crippen molar-refractivity contribution in [2.24, 2.45) is 5.41 Å². The lowest BCUT2D eigenvalue weighted by atomic mass is 9.67. The van der Waals surface area contributed by atoms with Crippen molar-refractivity contribution in [1.29, 1.82) is 0 Å². The second-order valence-electron chi connectivity index (χ2n) is 10.5. The lowest BCUT2D eigenvalue weighted by Gasteiger charge is -2.50. The van der Waals surface area contributed by atoms with E-state index in [0.717, 1.165) is 5.56 Å². The van der Waals surface area contributed by atoms with Crippen LogP contribution in [0.2, 0.25) is 10.0 Å². The molecule has 2 aromatic rings. The van der Waals surface area contributed by atoms with E-state index in [4.69, 9.17) is 27.9 Å². The molecule has 1 aliphatic heterocycles. The summed E-state index contributed by atoms with van der Waals surface area (Å²) in [7, 11) is 0. The summed E-state index contributed by atoms with van der Waals surface area (Å²) in [5, 5.41) is 10.6. The number of amides is 1. The van der Waals surface area contributed by atoms with Gasteiger partial charge in [-0.1, -0.05) is 49.2 Å². The van der Waals surface area contributed by atoms with Crippen LogP contribution in [0.3, 0.4) is 0 Å². The molecule has 0 unspecified atom stereocenters. The molecule has 7 nitrogen and oxygen atoms in total. The number of pyridine rings is 1. The number of benzene rings is 1. The highest BCUT2D eigenvalue weighted by Crippen LogP contribution is 2.52. The van der Waals surface area contributed by atoms with E-state index in [9.17, 15) is 19.5 Å². The maximum atomic E-state index is 14.1. The lowest BCUT2D eigenvalue weighted by molar-refractivity contribution is -0.175. The van der Waals surface area contributed by atoms with Gasteiger partial charge in [0.2, 0.25) is 5.91 Å². The number of carboxylic acids is 1. The van der Waals surface area contributed by atoms with Crippen molar-refractivity contribution in [3.8, 4) is 0 Å². The molecule has 0 radical (unpaired) electrons. The zero-order valence-electron chi connectivity index (χ0n) is 21.1. The molecule has 0 aliphatic carbocycles. The van der Waals surface area contributed by atoms with Crippen molar-refractivity contribution in [1.82, 2.24) is 9.88 Å². The highest BCUT2D eigenvalue weighted by Gasteiger charge is 2.54. The summed E-state index contributed by atoms with van der Waals surface area (Å²) >= 11 is 12.4. The maximum absolute atomic E-state index is 14.1. The van der Waals surface area contributed by atoms with Gasteiger partial charge in [0.05, 0.1) is 28.6 Å². The molecular formula is C27H32Cl2N2O5. The van der Waals surface area contributed by atoms with Crippen LogP contribution in [0.15, 0.2) is 42.6 Å². The molecular weight excluding hydrogens is 503 g/mol. The van der Waals surface area contributed by atoms with Crippen LogP contribution in [-0.4, -0.2) is 44.5 Å². The second kappa shape index (κ2) is 10.8. The summed E-state index contributed by atoms with van der Waals surface area (Å²) in [6.45, 7) is 8.72. The molecule has 1 saturated heterocycles. The van der Waals surface area contributed by atoms with Crippen LogP contribution in [-0.2, 0) is 19.1 Å². The summed E-state index contributed by atoms with van der Waals surface area (Å²) in [5.41, 5.74) is -0.680. The van der Waals surface area contributed by atoms with E-state index in [2.05, 4.69) is 4.98 Å². The number of aromatic nitrogens is 1. The van der Waals surface area contributed by atoms with Crippen molar-refractivity contribution < 1.29 is 24.2 Å². The van der Waals surface area contributed by atoms with Gasteiger partial charge >= 0.3 is 11.9 Å². The van der Waals surface area contributed by atoms with Gasteiger partial charge in [-0.3, -0.25) is 14.6 Å². The standard InChI is InChI=1S/C27H32Cl2N2O5/c1-6-21(24(34)36-26(2,3)4)31-23(20-11-10-18(29)15-30-20)19(16-8-7-9-17(28)12-16)13-27(5,25(31)35)14-22(32)33/h7-12,15,19,21,23H,6,13-14H2,1-5H3,(H,32,33)/t19-,21+,23+,27+/m1/s1. The largest absolute Gasteiger partial charge is 0.481 e. The number of hydrogen-bond acceptors (Lipinski definition) is 5. The van der Waals surface area contributed by atoms with Gasteiger partial charge in [-0.2, -0.15) is 0 Å². The fourth-order valence-electron chi connectivity index (χ4n) is 4.93. The molecule has 0 spiro atoms. The van der Waals surface area contributed by atoms with Gasteiger partial charge in [-0.05, 0) is 63.4 Å². The first-order valence-electron chi connectivity index (χ1n) is 11.9. The first-order valence-corrected chi connectivity index (χ1v) is 12.7. The number of carboxylic acid groups (broad SMARTS) is 1. The number of halogens is 2. The predicted octanol–water partition coefficient (Wildman–Crippen LogP) is 6.05. The van der Waals surface area contributed by atoms with E-state index >= 15 is 0 Å².